The van der Waals surface area contributed by atoms with Crippen LogP contribution in [-0.4, -0.2) is 48.4 Å². The molecule has 29 heavy (non-hydrogen) atoms. The summed E-state index contributed by atoms with van der Waals surface area (Å²) in [5.41, 5.74) is 0.947. The number of hydrogen-bond donors (Lipinski definition) is 0. The third-order valence-electron chi connectivity index (χ3n) is 6.30. The van der Waals surface area contributed by atoms with Crippen molar-refractivity contribution in [3.63, 3.8) is 0 Å². The quantitative estimate of drug-likeness (QED) is 0.320. The highest BCUT2D eigenvalue weighted by molar-refractivity contribution is 6.22. The van der Waals surface area contributed by atoms with Crippen LogP contribution in [-0.2, 0) is 14.3 Å². The van der Waals surface area contributed by atoms with Gasteiger partial charge in [0, 0.05) is 13.1 Å². The van der Waals surface area contributed by atoms with Gasteiger partial charge >= 0.3 is 5.97 Å². The second-order valence-corrected chi connectivity index (χ2v) is 8.24. The number of carbonyl (C=O) groups excluding carboxylic acids is 3. The summed E-state index contributed by atoms with van der Waals surface area (Å²) in [5.74, 6) is 0.478. The van der Waals surface area contributed by atoms with Crippen LogP contribution in [0.3, 0.4) is 0 Å². The molecule has 3 aliphatic rings. The Balaban J connectivity index is 1.42. The van der Waals surface area contributed by atoms with Crippen molar-refractivity contribution in [2.24, 2.45) is 11.8 Å². The van der Waals surface area contributed by atoms with E-state index in [0.717, 1.165) is 38.8 Å². The lowest BCUT2D eigenvalue weighted by molar-refractivity contribution is -0.122. The van der Waals surface area contributed by atoms with E-state index in [2.05, 4.69) is 17.1 Å². The number of esters is 1. The SMILES string of the molecule is CCCCOC(=O)c1ccc(N2C(=O)C[C@@H](N3C[C@H]4CC=CC[C@H]4C3)C2=O)cc1. The highest BCUT2D eigenvalue weighted by atomic mass is 16.5. The molecule has 4 rings (SSSR count). The van der Waals surface area contributed by atoms with Gasteiger partial charge in [-0.25, -0.2) is 9.69 Å². The first-order chi connectivity index (χ1) is 14.1. The lowest BCUT2D eigenvalue weighted by Crippen LogP contribution is -2.41. The van der Waals surface area contributed by atoms with Crippen LogP contribution in [0.1, 0.15) is 49.4 Å². The lowest BCUT2D eigenvalue weighted by Gasteiger charge is -2.22. The molecule has 154 valence electrons. The van der Waals surface area contributed by atoms with Gasteiger partial charge in [-0.15, -0.1) is 0 Å². The average molecular weight is 396 g/mol. The Morgan fingerprint density at radius 3 is 2.34 bits per heavy atom. The summed E-state index contributed by atoms with van der Waals surface area (Å²) in [4.78, 5) is 41.2. The molecule has 2 heterocycles. The van der Waals surface area contributed by atoms with E-state index >= 15 is 0 Å². The van der Waals surface area contributed by atoms with E-state index in [0.29, 0.717) is 29.7 Å². The summed E-state index contributed by atoms with van der Waals surface area (Å²) in [6.45, 7) is 4.20. The number of imide groups is 1. The molecular formula is C23H28N2O4. The Morgan fingerprint density at radius 1 is 1.07 bits per heavy atom. The lowest BCUT2D eigenvalue weighted by atomic mass is 9.86. The van der Waals surface area contributed by atoms with Crippen molar-refractivity contribution < 1.29 is 19.1 Å². The minimum absolute atomic E-state index is 0.153. The minimum atomic E-state index is -0.379. The van der Waals surface area contributed by atoms with Gasteiger partial charge in [0.05, 0.1) is 30.3 Å². The van der Waals surface area contributed by atoms with Crippen molar-refractivity contribution in [2.45, 2.75) is 45.1 Å². The van der Waals surface area contributed by atoms with Gasteiger partial charge in [0.15, 0.2) is 0 Å². The summed E-state index contributed by atoms with van der Waals surface area (Å²) in [5, 5.41) is 0. The summed E-state index contributed by atoms with van der Waals surface area (Å²) in [7, 11) is 0. The van der Waals surface area contributed by atoms with E-state index in [9.17, 15) is 14.4 Å². The smallest absolute Gasteiger partial charge is 0.338 e. The Bertz CT molecular complexity index is 801. The molecule has 0 bridgehead atoms. The van der Waals surface area contributed by atoms with Gasteiger partial charge in [0.2, 0.25) is 5.91 Å². The molecule has 1 aromatic carbocycles. The maximum Gasteiger partial charge on any atom is 0.338 e. The van der Waals surface area contributed by atoms with Crippen molar-refractivity contribution in [1.82, 2.24) is 4.90 Å². The Morgan fingerprint density at radius 2 is 1.72 bits per heavy atom. The predicted octanol–water partition coefficient (Wildman–Crippen LogP) is 3.17. The minimum Gasteiger partial charge on any atom is -0.462 e. The number of hydrogen-bond acceptors (Lipinski definition) is 5. The van der Waals surface area contributed by atoms with Gasteiger partial charge < -0.3 is 4.74 Å². The second kappa shape index (κ2) is 8.49. The highest BCUT2D eigenvalue weighted by Crippen LogP contribution is 2.36. The molecule has 2 fully saturated rings. The maximum absolute atomic E-state index is 13.1. The largest absolute Gasteiger partial charge is 0.462 e. The summed E-state index contributed by atoms with van der Waals surface area (Å²) >= 11 is 0. The van der Waals surface area contributed by atoms with Crippen LogP contribution in [0.25, 0.3) is 0 Å². The van der Waals surface area contributed by atoms with Gasteiger partial charge in [-0.3, -0.25) is 14.5 Å². The predicted molar refractivity (Wildman–Crippen MR) is 109 cm³/mol. The van der Waals surface area contributed by atoms with Gasteiger partial charge in [-0.2, -0.15) is 0 Å². The molecule has 3 atom stereocenters. The maximum atomic E-state index is 13.1. The Kier molecular flexibility index (Phi) is 5.81. The zero-order chi connectivity index (χ0) is 20.4. The molecule has 1 aliphatic carbocycles. The van der Waals surface area contributed by atoms with Crippen LogP contribution in [0.5, 0.6) is 0 Å². The van der Waals surface area contributed by atoms with Crippen LogP contribution < -0.4 is 4.90 Å². The molecule has 6 nitrogen and oxygen atoms in total. The van der Waals surface area contributed by atoms with E-state index in [1.807, 2.05) is 6.92 Å². The molecule has 0 aromatic heterocycles. The van der Waals surface area contributed by atoms with Crippen LogP contribution >= 0.6 is 0 Å². The molecule has 0 unspecified atom stereocenters. The zero-order valence-electron chi connectivity index (χ0n) is 16.9. The van der Waals surface area contributed by atoms with Gasteiger partial charge in [-0.05, 0) is 55.4 Å². The Hall–Kier alpha value is -2.47. The highest BCUT2D eigenvalue weighted by Gasteiger charge is 2.46. The number of unbranched alkanes of at least 4 members (excludes halogenated alkanes) is 1. The second-order valence-electron chi connectivity index (χ2n) is 8.24. The molecule has 0 saturated carbocycles. The number of nitrogens with zero attached hydrogens (tertiary/aromatic N) is 2. The van der Waals surface area contributed by atoms with Crippen molar-refractivity contribution in [3.8, 4) is 0 Å². The fourth-order valence-electron chi connectivity index (χ4n) is 4.62. The monoisotopic (exact) mass is 396 g/mol. The molecular weight excluding hydrogens is 368 g/mol. The van der Waals surface area contributed by atoms with E-state index in [4.69, 9.17) is 4.74 Å². The zero-order valence-corrected chi connectivity index (χ0v) is 16.9. The third kappa shape index (κ3) is 3.99. The first kappa shape index (κ1) is 19.8. The van der Waals surface area contributed by atoms with E-state index in [1.165, 1.54) is 4.90 Å². The molecule has 0 N–H and O–H groups in total. The van der Waals surface area contributed by atoms with E-state index < -0.39 is 0 Å². The molecule has 0 radical (unpaired) electrons. The standard InChI is InChI=1S/C23H28N2O4/c1-2-3-12-29-23(28)16-8-10-19(11-9-16)25-21(26)13-20(22(25)27)24-14-17-6-4-5-7-18(17)15-24/h4-5,8-11,17-18,20H,2-3,6-7,12-15H2,1H3/t17-,18+,20-/m1/s1. The number of benzene rings is 1. The number of carbonyl (C=O) groups is 3. The first-order valence-corrected chi connectivity index (χ1v) is 10.6. The third-order valence-corrected chi connectivity index (χ3v) is 6.30. The number of rotatable bonds is 6. The molecule has 2 saturated heterocycles. The number of amides is 2. The van der Waals surface area contributed by atoms with Crippen molar-refractivity contribution in [2.75, 3.05) is 24.6 Å². The van der Waals surface area contributed by atoms with Crippen LogP contribution in [0.15, 0.2) is 36.4 Å². The fraction of sp³-hybridized carbons (Fsp3) is 0.522. The van der Waals surface area contributed by atoms with E-state index in [1.54, 1.807) is 24.3 Å². The fourth-order valence-corrected chi connectivity index (χ4v) is 4.62. The Labute approximate surface area is 171 Å². The summed E-state index contributed by atoms with van der Waals surface area (Å²) in [6.07, 6.45) is 8.61. The molecule has 1 aromatic rings. The summed E-state index contributed by atoms with van der Waals surface area (Å²) < 4.78 is 5.21. The number of likely N-dealkylation sites (tertiary alicyclic amines) is 1. The molecule has 6 heteroatoms. The molecule has 2 aliphatic heterocycles. The number of ether oxygens (including phenoxy) is 1. The van der Waals surface area contributed by atoms with Crippen LogP contribution in [0, 0.1) is 11.8 Å². The van der Waals surface area contributed by atoms with Crippen LogP contribution in [0.4, 0.5) is 5.69 Å². The van der Waals surface area contributed by atoms with E-state index in [-0.39, 0.29) is 30.2 Å². The normalized spacial score (nSPS) is 26.8. The molecule has 0 spiro atoms. The average Bonchev–Trinajstić information content (AvgIpc) is 3.28. The van der Waals surface area contributed by atoms with Gasteiger partial charge in [0.1, 0.15) is 0 Å². The van der Waals surface area contributed by atoms with Crippen molar-refractivity contribution in [1.29, 1.82) is 0 Å². The van der Waals surface area contributed by atoms with Crippen LogP contribution in [0.2, 0.25) is 0 Å². The topological polar surface area (TPSA) is 66.9 Å². The first-order valence-electron chi connectivity index (χ1n) is 10.6. The van der Waals surface area contributed by atoms with Gasteiger partial charge in [-0.1, -0.05) is 25.5 Å². The number of fused-ring (bicyclic) bond motifs is 1. The van der Waals surface area contributed by atoms with Gasteiger partial charge in [0.25, 0.3) is 5.91 Å². The number of allylic oxidation sites excluding steroid dienone is 2. The van der Waals surface area contributed by atoms with Crippen molar-refractivity contribution >= 4 is 23.5 Å². The van der Waals surface area contributed by atoms with Crippen molar-refractivity contribution in [3.05, 3.63) is 42.0 Å². The number of anilines is 1. The summed E-state index contributed by atoms with van der Waals surface area (Å²) in [6, 6.07) is 6.18. The molecule has 2 amide bonds.